The van der Waals surface area contributed by atoms with Gasteiger partial charge in [-0.25, -0.2) is 9.68 Å². The van der Waals surface area contributed by atoms with Crippen LogP contribution in [-0.4, -0.2) is 220 Å². The lowest BCUT2D eigenvalue weighted by Crippen LogP contribution is -2.65. The average molecular weight is 1210 g/mol. The molecule has 86 heavy (non-hydrogen) atoms. The van der Waals surface area contributed by atoms with E-state index >= 15 is 0 Å². The fraction of sp³-hybridized carbons (Fsp3) is 0.912. The third-order valence-corrected chi connectivity index (χ3v) is 24.2. The summed E-state index contributed by atoms with van der Waals surface area (Å²) in [6.45, 7) is 58.1. The maximum absolute atomic E-state index is 7.56. The van der Waals surface area contributed by atoms with Crippen LogP contribution in [0.2, 0.25) is 0 Å². The molecule has 0 spiro atoms. The van der Waals surface area contributed by atoms with Crippen LogP contribution in [0.4, 0.5) is 0 Å². The minimum absolute atomic E-state index is 0.0699. The molecule has 0 radical (unpaired) electrons. The van der Waals surface area contributed by atoms with Crippen molar-refractivity contribution in [1.82, 2.24) is 60.6 Å². The molecule has 0 aliphatic carbocycles. The predicted molar refractivity (Wildman–Crippen MR) is 352 cm³/mol. The molecule has 8 rings (SSSR count). The van der Waals surface area contributed by atoms with Crippen molar-refractivity contribution in [1.29, 1.82) is 0 Å². The Hall–Kier alpha value is -3.10. The number of hydrazone groups is 2. The van der Waals surface area contributed by atoms with E-state index in [-0.39, 0.29) is 103 Å². The van der Waals surface area contributed by atoms with E-state index in [0.29, 0.717) is 24.9 Å². The smallest absolute Gasteiger partial charge is 0.261 e. The third-order valence-electron chi connectivity index (χ3n) is 24.2. The van der Waals surface area contributed by atoms with Gasteiger partial charge in [0.15, 0.2) is 0 Å². The molecular weight excluding hydrogens is 1080 g/mol. The Balaban J connectivity index is 1.24. The van der Waals surface area contributed by atoms with Gasteiger partial charge < -0.3 is 19.3 Å². The topological polar surface area (TPSA) is 118 Å². The monoisotopic (exact) mass is 1210 g/mol. The molecular formula is C68H128N14O4. The van der Waals surface area contributed by atoms with Gasteiger partial charge in [0.2, 0.25) is 0 Å². The Morgan fingerprint density at radius 2 is 0.535 bits per heavy atom. The first-order valence-electron chi connectivity index (χ1n) is 33.3. The second-order valence-corrected chi connectivity index (χ2v) is 35.9. The highest BCUT2D eigenvalue weighted by atomic mass is 16.8. The summed E-state index contributed by atoms with van der Waals surface area (Å²) in [5.41, 5.74) is 7.99. The Kier molecular flexibility index (Phi) is 18.3. The normalized spacial score (nSPS) is 30.1. The lowest BCUT2D eigenvalue weighted by atomic mass is 9.76. The van der Waals surface area contributed by atoms with E-state index in [9.17, 15) is 0 Å². The van der Waals surface area contributed by atoms with Crippen LogP contribution in [-0.2, 0) is 19.1 Å². The molecule has 2 N–H and O–H groups in total. The second-order valence-electron chi connectivity index (χ2n) is 35.9. The molecule has 6 fully saturated rings. The summed E-state index contributed by atoms with van der Waals surface area (Å²) in [6, 6.07) is 0.245. The van der Waals surface area contributed by atoms with Gasteiger partial charge in [-0.1, -0.05) is 20.8 Å². The van der Waals surface area contributed by atoms with E-state index < -0.39 is 0 Å². The maximum Gasteiger partial charge on any atom is 0.261 e. The molecule has 0 aromatic heterocycles. The van der Waals surface area contributed by atoms with Crippen molar-refractivity contribution < 1.29 is 19.1 Å². The number of nitrogens with one attached hydrogen (secondary N) is 2. The molecule has 18 heteroatoms. The average Bonchev–Trinajstić information content (AvgIpc) is 1.10. The summed E-state index contributed by atoms with van der Waals surface area (Å²) < 4.78 is 15.1. The molecule has 8 heterocycles. The summed E-state index contributed by atoms with van der Waals surface area (Å²) in [5, 5.41) is 14.2. The first-order chi connectivity index (χ1) is 38.9. The number of hydrogen-bond acceptors (Lipinski definition) is 18. The molecule has 0 saturated carbocycles. The zero-order valence-corrected chi connectivity index (χ0v) is 60.5. The van der Waals surface area contributed by atoms with Crippen molar-refractivity contribution in [3.8, 4) is 0 Å². The molecule has 494 valence electrons. The molecule has 18 nitrogen and oxygen atoms in total. The van der Waals surface area contributed by atoms with Gasteiger partial charge in [-0.3, -0.25) is 40.3 Å². The zero-order valence-electron chi connectivity index (χ0n) is 60.5. The molecule has 0 amide bonds. The van der Waals surface area contributed by atoms with E-state index in [1.54, 1.807) is 10.6 Å². The molecule has 0 aromatic carbocycles. The Bertz CT molecular complexity index is 2280. The minimum atomic E-state index is -0.112. The van der Waals surface area contributed by atoms with Gasteiger partial charge >= 0.3 is 0 Å². The number of likely N-dealkylation sites (tertiary alicyclic amines) is 6. The van der Waals surface area contributed by atoms with Crippen LogP contribution in [0.1, 0.15) is 243 Å². The number of hydrazine groups is 2. The van der Waals surface area contributed by atoms with Crippen molar-refractivity contribution in [2.24, 2.45) is 10.2 Å². The van der Waals surface area contributed by atoms with E-state index in [2.05, 4.69) is 271 Å². The zero-order chi connectivity index (χ0) is 64.5. The fourth-order valence-corrected chi connectivity index (χ4v) is 17.7. The summed E-state index contributed by atoms with van der Waals surface area (Å²) in [7, 11) is 13.6. The highest BCUT2D eigenvalue weighted by Crippen LogP contribution is 2.47. The summed E-state index contributed by atoms with van der Waals surface area (Å²) in [4.78, 5) is 34.6. The molecule has 0 bridgehead atoms. The maximum atomic E-state index is 7.56. The number of nitrogens with zero attached hydrogens (tertiary/aromatic N) is 12. The van der Waals surface area contributed by atoms with E-state index in [1.807, 2.05) is 0 Å². The predicted octanol–water partition coefficient (Wildman–Crippen LogP) is 11.3. The number of ether oxygens (including phenoxy) is 2. The largest absolute Gasteiger partial charge is 0.472 e. The Morgan fingerprint density at radius 1 is 0.337 bits per heavy atom. The summed E-state index contributed by atoms with van der Waals surface area (Å²) >= 11 is 0. The SMILES string of the molecule is CN1C(C)(C)CC(OC2=NN(OC3CC(C)(C)N(C)C(C)(C)C3)NC=C2N(CCN(C2=CNN(OC3CC(C)(C)N(C)C(C)(C)C3)N=C2OC2CC(C)(C)N(C)C(C)(C)C2)C2CC(C)(C)N(C)C(C)(C)C2)C2CC(C)(C)N(C)C(C)(C)C2)CC1(C)C. The minimum Gasteiger partial charge on any atom is -0.472 e. The third kappa shape index (κ3) is 14.0. The van der Waals surface area contributed by atoms with Crippen LogP contribution in [0.25, 0.3) is 0 Å². The van der Waals surface area contributed by atoms with Crippen LogP contribution < -0.4 is 10.9 Å². The number of hydrogen-bond donors (Lipinski definition) is 2. The Morgan fingerprint density at radius 3 is 0.756 bits per heavy atom. The van der Waals surface area contributed by atoms with Crippen molar-refractivity contribution >= 4 is 11.8 Å². The molecule has 0 atom stereocenters. The van der Waals surface area contributed by atoms with E-state index in [4.69, 9.17) is 29.4 Å². The van der Waals surface area contributed by atoms with Gasteiger partial charge in [0.25, 0.3) is 11.8 Å². The second kappa shape index (κ2) is 22.9. The van der Waals surface area contributed by atoms with E-state index in [0.717, 1.165) is 88.4 Å². The highest BCUT2D eigenvalue weighted by Gasteiger charge is 2.53. The van der Waals surface area contributed by atoms with Crippen molar-refractivity contribution in [3.05, 3.63) is 23.8 Å². The van der Waals surface area contributed by atoms with Crippen LogP contribution in [0.3, 0.4) is 0 Å². The lowest BCUT2D eigenvalue weighted by Gasteiger charge is -2.57. The number of rotatable bonds is 13. The van der Waals surface area contributed by atoms with Crippen molar-refractivity contribution in [2.75, 3.05) is 55.4 Å². The number of piperidine rings is 6. The van der Waals surface area contributed by atoms with E-state index in [1.165, 1.54) is 0 Å². The van der Waals surface area contributed by atoms with Gasteiger partial charge in [0.05, 0.1) is 24.6 Å². The first kappa shape index (κ1) is 68.8. The molecule has 0 unspecified atom stereocenters. The van der Waals surface area contributed by atoms with Crippen molar-refractivity contribution in [3.63, 3.8) is 0 Å². The summed E-state index contributed by atoms with van der Waals surface area (Å²) in [5.74, 6) is 1.20. The fourth-order valence-electron chi connectivity index (χ4n) is 17.7. The van der Waals surface area contributed by atoms with Gasteiger partial charge in [0, 0.05) is 117 Å². The standard InChI is InChI=1S/C68H128N14O4/c1-57(2)33-47(34-58(3,4)73(57)25)79(53-45-69-81(85-51-41-65(17,18)77(29)66(19,20)42-51)71-55(53)83-49-37-61(9,10)75(27)62(11,12)38-49)31-32-80(48-35-59(5,6)74(26)60(7,8)36-48)54-46-70-82(86-52-43-67(21,22)78(30)68(23,24)44-52)72-56(54)84-50-39-63(13,14)76(28)64(15,16)40-50/h45-52,69-70H,31-44H2,1-30H3. The molecule has 8 aliphatic heterocycles. The first-order valence-corrected chi connectivity index (χ1v) is 33.3. The van der Waals surface area contributed by atoms with Crippen molar-refractivity contribution in [2.45, 2.75) is 346 Å². The molecule has 0 aromatic rings. The van der Waals surface area contributed by atoms with Crippen LogP contribution in [0.5, 0.6) is 0 Å². The van der Waals surface area contributed by atoms with Crippen LogP contribution in [0, 0.1) is 0 Å². The summed E-state index contributed by atoms with van der Waals surface area (Å²) in [6.07, 6.45) is 14.6. The van der Waals surface area contributed by atoms with Gasteiger partial charge in [-0.05, 0) is 260 Å². The Labute approximate surface area is 524 Å². The lowest BCUT2D eigenvalue weighted by molar-refractivity contribution is -0.252. The van der Waals surface area contributed by atoms with Gasteiger partial charge in [-0.2, -0.15) is 0 Å². The highest BCUT2D eigenvalue weighted by molar-refractivity contribution is 5.94. The van der Waals surface area contributed by atoms with Crippen LogP contribution >= 0.6 is 0 Å². The molecule has 8 aliphatic rings. The van der Waals surface area contributed by atoms with Gasteiger partial charge in [-0.15, -0.1) is 0 Å². The quantitative estimate of drug-likeness (QED) is 0.182. The van der Waals surface area contributed by atoms with Gasteiger partial charge in [0.1, 0.15) is 23.6 Å². The molecule has 6 saturated heterocycles. The van der Waals surface area contributed by atoms with Crippen LogP contribution in [0.15, 0.2) is 34.0 Å².